The van der Waals surface area contributed by atoms with Gasteiger partial charge in [-0.1, -0.05) is 25.1 Å². The van der Waals surface area contributed by atoms with E-state index >= 15 is 0 Å². The molecule has 2 rings (SSSR count). The molecule has 21 heavy (non-hydrogen) atoms. The second kappa shape index (κ2) is 7.81. The molecule has 1 unspecified atom stereocenters. The van der Waals surface area contributed by atoms with Crippen LogP contribution in [0.1, 0.15) is 37.7 Å². The Morgan fingerprint density at radius 1 is 1.33 bits per heavy atom. The number of nitrogens with zero attached hydrogens (tertiary/aromatic N) is 2. The molecule has 0 saturated heterocycles. The van der Waals surface area contributed by atoms with E-state index in [1.165, 1.54) is 0 Å². The number of ether oxygens (including phenoxy) is 1. The summed E-state index contributed by atoms with van der Waals surface area (Å²) in [5.74, 6) is 7.67. The summed E-state index contributed by atoms with van der Waals surface area (Å²) in [4.78, 5) is 4.45. The molecular weight excluding hydrogens is 264 g/mol. The third-order valence-corrected chi connectivity index (χ3v) is 3.45. The number of para-hydroxylation sites is 1. The molecule has 0 bridgehead atoms. The fraction of sp³-hybridized carbons (Fsp3) is 0.438. The molecule has 0 aliphatic carbocycles. The van der Waals surface area contributed by atoms with E-state index < -0.39 is 0 Å². The van der Waals surface area contributed by atoms with Gasteiger partial charge in [0.25, 0.3) is 0 Å². The fourth-order valence-corrected chi connectivity index (χ4v) is 2.47. The van der Waals surface area contributed by atoms with Gasteiger partial charge in [0, 0.05) is 30.9 Å². The van der Waals surface area contributed by atoms with Gasteiger partial charge in [-0.05, 0) is 19.4 Å². The van der Waals surface area contributed by atoms with E-state index in [0.29, 0.717) is 6.61 Å². The molecule has 1 aromatic carbocycles. The zero-order chi connectivity index (χ0) is 15.1. The zero-order valence-electron chi connectivity index (χ0n) is 12.7. The van der Waals surface area contributed by atoms with E-state index in [9.17, 15) is 0 Å². The van der Waals surface area contributed by atoms with Gasteiger partial charge in [0.15, 0.2) is 0 Å². The first-order valence-electron chi connectivity index (χ1n) is 7.48. The Morgan fingerprint density at radius 2 is 2.14 bits per heavy atom. The molecule has 1 heterocycles. The summed E-state index contributed by atoms with van der Waals surface area (Å²) in [6.07, 6.45) is 5.67. The lowest BCUT2D eigenvalue weighted by molar-refractivity contribution is 0.330. The van der Waals surface area contributed by atoms with Crippen LogP contribution in [0.5, 0.6) is 5.75 Å². The number of nitrogens with two attached hydrogens (primary N) is 1. The van der Waals surface area contributed by atoms with Gasteiger partial charge in [-0.3, -0.25) is 11.3 Å². The van der Waals surface area contributed by atoms with Gasteiger partial charge in [0.2, 0.25) is 0 Å². The Balaban J connectivity index is 2.21. The van der Waals surface area contributed by atoms with Crippen LogP contribution in [0.3, 0.4) is 0 Å². The molecule has 2 aromatic rings. The quantitative estimate of drug-likeness (QED) is 0.578. The smallest absolute Gasteiger partial charge is 0.124 e. The van der Waals surface area contributed by atoms with Crippen molar-refractivity contribution >= 4 is 0 Å². The molecule has 0 saturated carbocycles. The van der Waals surface area contributed by atoms with Crippen molar-refractivity contribution in [3.05, 3.63) is 48.0 Å². The molecule has 1 aromatic heterocycles. The average molecular weight is 288 g/mol. The minimum atomic E-state index is -0.0224. The van der Waals surface area contributed by atoms with Crippen LogP contribution in [0.4, 0.5) is 0 Å². The maximum Gasteiger partial charge on any atom is 0.124 e. The minimum absolute atomic E-state index is 0.0224. The van der Waals surface area contributed by atoms with Crippen molar-refractivity contribution in [2.45, 2.75) is 39.3 Å². The van der Waals surface area contributed by atoms with Crippen LogP contribution in [-0.2, 0) is 13.0 Å². The van der Waals surface area contributed by atoms with E-state index in [1.807, 2.05) is 43.6 Å². The molecule has 114 valence electrons. The minimum Gasteiger partial charge on any atom is -0.494 e. The van der Waals surface area contributed by atoms with E-state index in [1.54, 1.807) is 0 Å². The summed E-state index contributed by atoms with van der Waals surface area (Å²) in [5.41, 5.74) is 3.95. The standard InChI is InChI=1S/C16H24N4O/c1-3-10-20-11-9-18-16(20)12-14(19-17)13-7-5-6-8-15(13)21-4-2/h5-9,11,14,19H,3-4,10,12,17H2,1-2H3. The van der Waals surface area contributed by atoms with Crippen molar-refractivity contribution in [1.82, 2.24) is 15.0 Å². The van der Waals surface area contributed by atoms with Gasteiger partial charge in [0.1, 0.15) is 11.6 Å². The first-order valence-corrected chi connectivity index (χ1v) is 7.48. The van der Waals surface area contributed by atoms with Crippen LogP contribution in [0.2, 0.25) is 0 Å². The number of aryl methyl sites for hydroxylation is 1. The van der Waals surface area contributed by atoms with Crippen molar-refractivity contribution in [2.75, 3.05) is 6.61 Å². The van der Waals surface area contributed by atoms with Gasteiger partial charge >= 0.3 is 0 Å². The van der Waals surface area contributed by atoms with Crippen molar-refractivity contribution in [1.29, 1.82) is 0 Å². The number of benzene rings is 1. The maximum atomic E-state index is 5.77. The molecule has 0 spiro atoms. The largest absolute Gasteiger partial charge is 0.494 e. The Bertz CT molecular complexity index is 553. The van der Waals surface area contributed by atoms with Crippen LogP contribution in [-0.4, -0.2) is 16.2 Å². The summed E-state index contributed by atoms with van der Waals surface area (Å²) in [6.45, 7) is 5.75. The van der Waals surface area contributed by atoms with E-state index in [4.69, 9.17) is 10.6 Å². The lowest BCUT2D eigenvalue weighted by atomic mass is 10.0. The number of hydrogen-bond acceptors (Lipinski definition) is 4. The number of hydrazine groups is 1. The van der Waals surface area contributed by atoms with Crippen LogP contribution >= 0.6 is 0 Å². The third kappa shape index (κ3) is 3.83. The SMILES string of the molecule is CCCn1ccnc1CC(NN)c1ccccc1OCC. The molecule has 0 fully saturated rings. The van der Waals surface area contributed by atoms with Crippen molar-refractivity contribution < 1.29 is 4.74 Å². The first kappa shape index (κ1) is 15.5. The lowest BCUT2D eigenvalue weighted by Gasteiger charge is -2.20. The van der Waals surface area contributed by atoms with E-state index in [2.05, 4.69) is 21.9 Å². The second-order valence-corrected chi connectivity index (χ2v) is 4.93. The van der Waals surface area contributed by atoms with Crippen molar-refractivity contribution in [3.63, 3.8) is 0 Å². The van der Waals surface area contributed by atoms with Gasteiger partial charge in [0.05, 0.1) is 12.6 Å². The third-order valence-electron chi connectivity index (χ3n) is 3.45. The fourth-order valence-electron chi connectivity index (χ4n) is 2.47. The molecule has 5 nitrogen and oxygen atoms in total. The molecule has 3 N–H and O–H groups in total. The van der Waals surface area contributed by atoms with Crippen LogP contribution < -0.4 is 16.0 Å². The highest BCUT2D eigenvalue weighted by Gasteiger charge is 2.17. The molecule has 0 amide bonds. The van der Waals surface area contributed by atoms with Gasteiger partial charge < -0.3 is 9.30 Å². The highest BCUT2D eigenvalue weighted by atomic mass is 16.5. The van der Waals surface area contributed by atoms with Gasteiger partial charge in [-0.25, -0.2) is 4.98 Å². The molecule has 0 aliphatic rings. The Kier molecular flexibility index (Phi) is 5.78. The average Bonchev–Trinajstić information content (AvgIpc) is 2.93. The number of aromatic nitrogens is 2. The Hall–Kier alpha value is -1.85. The first-order chi connectivity index (χ1) is 10.3. The highest BCUT2D eigenvalue weighted by molar-refractivity contribution is 5.36. The molecular formula is C16H24N4O. The molecule has 0 aliphatic heterocycles. The highest BCUT2D eigenvalue weighted by Crippen LogP contribution is 2.27. The summed E-state index contributed by atoms with van der Waals surface area (Å²) < 4.78 is 7.87. The summed E-state index contributed by atoms with van der Waals surface area (Å²) >= 11 is 0. The van der Waals surface area contributed by atoms with Crippen LogP contribution in [0, 0.1) is 0 Å². The number of imidazole rings is 1. The lowest BCUT2D eigenvalue weighted by Crippen LogP contribution is -2.30. The van der Waals surface area contributed by atoms with Crippen LogP contribution in [0.25, 0.3) is 0 Å². The number of nitrogens with one attached hydrogen (secondary N) is 1. The summed E-state index contributed by atoms with van der Waals surface area (Å²) in [5, 5.41) is 0. The van der Waals surface area contributed by atoms with Crippen molar-refractivity contribution in [2.24, 2.45) is 5.84 Å². The van der Waals surface area contributed by atoms with Gasteiger partial charge in [-0.2, -0.15) is 0 Å². The predicted octanol–water partition coefficient (Wildman–Crippen LogP) is 2.44. The zero-order valence-corrected chi connectivity index (χ0v) is 12.7. The molecule has 1 atom stereocenters. The van der Waals surface area contributed by atoms with Crippen LogP contribution in [0.15, 0.2) is 36.7 Å². The van der Waals surface area contributed by atoms with E-state index in [-0.39, 0.29) is 6.04 Å². The molecule has 0 radical (unpaired) electrons. The number of rotatable bonds is 8. The van der Waals surface area contributed by atoms with E-state index in [0.717, 1.165) is 36.5 Å². The normalized spacial score (nSPS) is 12.3. The topological polar surface area (TPSA) is 65.1 Å². The van der Waals surface area contributed by atoms with Crippen molar-refractivity contribution in [3.8, 4) is 5.75 Å². The Morgan fingerprint density at radius 3 is 2.86 bits per heavy atom. The monoisotopic (exact) mass is 288 g/mol. The molecule has 5 heteroatoms. The summed E-state index contributed by atoms with van der Waals surface area (Å²) in [6, 6.07) is 7.97. The summed E-state index contributed by atoms with van der Waals surface area (Å²) in [7, 11) is 0. The maximum absolute atomic E-state index is 5.77. The number of hydrogen-bond donors (Lipinski definition) is 2. The van der Waals surface area contributed by atoms with Gasteiger partial charge in [-0.15, -0.1) is 0 Å². The second-order valence-electron chi connectivity index (χ2n) is 4.93. The Labute approximate surface area is 126 Å². The predicted molar refractivity (Wildman–Crippen MR) is 83.9 cm³/mol.